The molecule has 5 nitrogen and oxygen atoms in total. The van der Waals surface area contributed by atoms with Gasteiger partial charge in [0.1, 0.15) is 5.15 Å². The summed E-state index contributed by atoms with van der Waals surface area (Å²) in [7, 11) is 0. The summed E-state index contributed by atoms with van der Waals surface area (Å²) >= 11 is 6.65. The zero-order chi connectivity index (χ0) is 19.6. The van der Waals surface area contributed by atoms with Gasteiger partial charge >= 0.3 is 0 Å². The van der Waals surface area contributed by atoms with E-state index in [-0.39, 0.29) is 11.3 Å². The van der Waals surface area contributed by atoms with Crippen LogP contribution in [0.15, 0.2) is 30.3 Å². The minimum Gasteiger partial charge on any atom is -0.340 e. The molecule has 0 radical (unpaired) electrons. The molecule has 0 spiro atoms. The second-order valence-electron chi connectivity index (χ2n) is 8.32. The molecule has 0 N–H and O–H groups in total. The molecule has 1 aromatic carbocycles. The fourth-order valence-corrected chi connectivity index (χ4v) is 3.73. The lowest BCUT2D eigenvalue weighted by molar-refractivity contribution is -0.141. The van der Waals surface area contributed by atoms with Crippen LogP contribution >= 0.6 is 11.6 Å². The Morgan fingerprint density at radius 2 is 1.70 bits per heavy atom. The lowest BCUT2D eigenvalue weighted by atomic mass is 9.94. The minimum absolute atomic E-state index is 0.229. The summed E-state index contributed by atoms with van der Waals surface area (Å²) in [6.45, 7) is 12.7. The number of hydrogen-bond donors (Lipinski definition) is 0. The van der Waals surface area contributed by atoms with E-state index in [1.807, 2.05) is 55.5 Å². The van der Waals surface area contributed by atoms with Crippen molar-refractivity contribution in [3.63, 3.8) is 0 Å². The normalized spacial score (nSPS) is 16.0. The van der Waals surface area contributed by atoms with Crippen LogP contribution in [0.3, 0.4) is 0 Å². The van der Waals surface area contributed by atoms with Gasteiger partial charge in [-0.05, 0) is 12.5 Å². The number of nitrogens with zero attached hydrogens (tertiary/aromatic N) is 4. The van der Waals surface area contributed by atoms with Crippen molar-refractivity contribution in [3.05, 3.63) is 52.3 Å². The molecule has 0 unspecified atom stereocenters. The van der Waals surface area contributed by atoms with E-state index in [1.165, 1.54) is 5.56 Å². The Morgan fingerprint density at radius 3 is 2.30 bits per heavy atom. The summed E-state index contributed by atoms with van der Waals surface area (Å²) in [4.78, 5) is 16.8. The van der Waals surface area contributed by atoms with Crippen molar-refractivity contribution < 1.29 is 4.79 Å². The zero-order valence-corrected chi connectivity index (χ0v) is 17.5. The van der Waals surface area contributed by atoms with Crippen molar-refractivity contribution in [2.45, 2.75) is 40.8 Å². The average molecular weight is 389 g/mol. The van der Waals surface area contributed by atoms with Crippen LogP contribution in [-0.2, 0) is 17.9 Å². The van der Waals surface area contributed by atoms with Crippen LogP contribution in [0.4, 0.5) is 0 Å². The number of aromatic nitrogens is 2. The van der Waals surface area contributed by atoms with Gasteiger partial charge in [0.05, 0.1) is 12.2 Å². The van der Waals surface area contributed by atoms with Crippen molar-refractivity contribution in [2.75, 3.05) is 26.2 Å². The van der Waals surface area contributed by atoms with E-state index in [4.69, 9.17) is 11.6 Å². The first-order chi connectivity index (χ1) is 12.8. The molecular formula is C21H29ClN4O. The second-order valence-corrected chi connectivity index (χ2v) is 8.67. The van der Waals surface area contributed by atoms with Gasteiger partial charge in [-0.25, -0.2) is 4.68 Å². The van der Waals surface area contributed by atoms with Crippen molar-refractivity contribution in [3.8, 4) is 0 Å². The van der Waals surface area contributed by atoms with Gasteiger partial charge in [-0.3, -0.25) is 9.69 Å². The topological polar surface area (TPSA) is 41.4 Å². The summed E-state index contributed by atoms with van der Waals surface area (Å²) in [5.74, 6) is 0.229. The lowest BCUT2D eigenvalue weighted by Crippen LogP contribution is -2.51. The molecule has 0 atom stereocenters. The average Bonchev–Trinajstić information content (AvgIpc) is 2.89. The number of carbonyl (C=O) groups excluding carboxylic acids is 1. The molecule has 2 aromatic rings. The van der Waals surface area contributed by atoms with Gasteiger partial charge in [0.15, 0.2) is 0 Å². The number of aryl methyl sites for hydroxylation is 1. The molecular weight excluding hydrogens is 360 g/mol. The summed E-state index contributed by atoms with van der Waals surface area (Å²) in [5, 5.41) is 5.35. The van der Waals surface area contributed by atoms with Crippen LogP contribution < -0.4 is 0 Å². The van der Waals surface area contributed by atoms with Crippen LogP contribution in [0.1, 0.15) is 37.6 Å². The predicted molar refractivity (Wildman–Crippen MR) is 109 cm³/mol. The maximum absolute atomic E-state index is 12.4. The highest BCUT2D eigenvalue weighted by Crippen LogP contribution is 2.24. The van der Waals surface area contributed by atoms with Gasteiger partial charge in [-0.15, -0.1) is 0 Å². The fraction of sp³-hybridized carbons (Fsp3) is 0.524. The molecule has 1 fully saturated rings. The van der Waals surface area contributed by atoms with Gasteiger partial charge < -0.3 is 4.90 Å². The first-order valence-corrected chi connectivity index (χ1v) is 9.91. The van der Waals surface area contributed by atoms with E-state index >= 15 is 0 Å². The molecule has 1 aliphatic rings. The molecule has 1 aromatic heterocycles. The van der Waals surface area contributed by atoms with Crippen molar-refractivity contribution in [1.29, 1.82) is 0 Å². The lowest BCUT2D eigenvalue weighted by Gasteiger charge is -2.37. The van der Waals surface area contributed by atoms with E-state index in [9.17, 15) is 4.79 Å². The third-order valence-corrected chi connectivity index (χ3v) is 5.46. The number of amides is 1. The van der Waals surface area contributed by atoms with E-state index in [1.54, 1.807) is 0 Å². The summed E-state index contributed by atoms with van der Waals surface area (Å²) in [5.41, 5.74) is 2.93. The van der Waals surface area contributed by atoms with Crippen molar-refractivity contribution in [1.82, 2.24) is 19.6 Å². The summed E-state index contributed by atoms with van der Waals surface area (Å²) < 4.78 is 1.88. The standard InChI is InChI=1S/C21H29ClN4O/c1-16-18(19(22)26(23-16)14-17-8-6-5-7-9-17)15-24-10-12-25(13-11-24)20(27)21(2,3)4/h5-9H,10-15H2,1-4H3. The summed E-state index contributed by atoms with van der Waals surface area (Å²) in [6.07, 6.45) is 0. The largest absolute Gasteiger partial charge is 0.340 e. The highest BCUT2D eigenvalue weighted by atomic mass is 35.5. The highest BCUT2D eigenvalue weighted by molar-refractivity contribution is 6.30. The minimum atomic E-state index is -0.319. The highest BCUT2D eigenvalue weighted by Gasteiger charge is 2.30. The number of halogens is 1. The molecule has 1 amide bonds. The van der Waals surface area contributed by atoms with Crippen LogP contribution in [-0.4, -0.2) is 51.7 Å². The summed E-state index contributed by atoms with van der Waals surface area (Å²) in [6, 6.07) is 10.2. The fourth-order valence-electron chi connectivity index (χ4n) is 3.44. The molecule has 146 valence electrons. The number of rotatable bonds is 4. The Morgan fingerprint density at radius 1 is 1.07 bits per heavy atom. The van der Waals surface area contributed by atoms with Crippen LogP contribution in [0.2, 0.25) is 5.15 Å². The van der Waals surface area contributed by atoms with E-state index in [2.05, 4.69) is 22.1 Å². The predicted octanol–water partition coefficient (Wildman–Crippen LogP) is 3.58. The second kappa shape index (κ2) is 8.03. The van der Waals surface area contributed by atoms with Crippen LogP contribution in [0.25, 0.3) is 0 Å². The maximum Gasteiger partial charge on any atom is 0.228 e. The van der Waals surface area contributed by atoms with Crippen LogP contribution in [0.5, 0.6) is 0 Å². The van der Waals surface area contributed by atoms with Gasteiger partial charge in [-0.2, -0.15) is 5.10 Å². The monoisotopic (exact) mass is 388 g/mol. The smallest absolute Gasteiger partial charge is 0.228 e. The van der Waals surface area contributed by atoms with Gasteiger partial charge in [0.2, 0.25) is 5.91 Å². The Kier molecular flexibility index (Phi) is 5.92. The number of hydrogen-bond acceptors (Lipinski definition) is 3. The molecule has 6 heteroatoms. The number of carbonyl (C=O) groups is 1. The molecule has 27 heavy (non-hydrogen) atoms. The van der Waals surface area contributed by atoms with Crippen molar-refractivity contribution >= 4 is 17.5 Å². The third-order valence-electron chi connectivity index (χ3n) is 5.04. The quantitative estimate of drug-likeness (QED) is 0.803. The van der Waals surface area contributed by atoms with Crippen LogP contribution in [0, 0.1) is 12.3 Å². The Balaban J connectivity index is 1.63. The Hall–Kier alpha value is -1.85. The number of benzene rings is 1. The van der Waals surface area contributed by atoms with E-state index in [0.717, 1.165) is 44.0 Å². The Labute approximate surface area is 166 Å². The molecule has 0 aliphatic carbocycles. The molecule has 1 saturated heterocycles. The van der Waals surface area contributed by atoms with Gasteiger partial charge in [0.25, 0.3) is 0 Å². The first kappa shape index (κ1) is 19.9. The molecule has 0 bridgehead atoms. The maximum atomic E-state index is 12.4. The zero-order valence-electron chi connectivity index (χ0n) is 16.7. The molecule has 2 heterocycles. The Bertz CT molecular complexity index is 787. The van der Waals surface area contributed by atoms with Gasteiger partial charge in [0, 0.05) is 43.7 Å². The third kappa shape index (κ3) is 4.71. The van der Waals surface area contributed by atoms with E-state index < -0.39 is 0 Å². The molecule has 3 rings (SSSR count). The molecule has 0 saturated carbocycles. The first-order valence-electron chi connectivity index (χ1n) is 9.53. The SMILES string of the molecule is Cc1nn(Cc2ccccc2)c(Cl)c1CN1CCN(C(=O)C(C)(C)C)CC1. The van der Waals surface area contributed by atoms with Gasteiger partial charge in [-0.1, -0.05) is 62.7 Å². The van der Waals surface area contributed by atoms with E-state index in [0.29, 0.717) is 11.7 Å². The number of piperazine rings is 1. The molecule has 1 aliphatic heterocycles. The van der Waals surface area contributed by atoms with Crippen molar-refractivity contribution in [2.24, 2.45) is 5.41 Å².